The largest absolute Gasteiger partial charge is 0.486 e. The van der Waals surface area contributed by atoms with Crippen LogP contribution in [0.5, 0.6) is 5.75 Å². The van der Waals surface area contributed by atoms with Crippen molar-refractivity contribution >= 4 is 11.3 Å². The summed E-state index contributed by atoms with van der Waals surface area (Å²) in [5.74, 6) is 1.61. The summed E-state index contributed by atoms with van der Waals surface area (Å²) in [6.45, 7) is 3.56. The molecule has 0 radical (unpaired) electrons. The molecule has 1 heterocycles. The molecule has 0 atom stereocenters. The minimum Gasteiger partial charge on any atom is -0.486 e. The maximum atomic E-state index is 5.82. The van der Waals surface area contributed by atoms with Crippen LogP contribution < -0.4 is 10.1 Å². The van der Waals surface area contributed by atoms with Crippen LogP contribution in [0.2, 0.25) is 0 Å². The fraction of sp³-hybridized carbons (Fsp3) is 0.438. The van der Waals surface area contributed by atoms with Gasteiger partial charge in [-0.05, 0) is 38.9 Å². The second-order valence-corrected chi connectivity index (χ2v) is 6.49. The number of hydrogen-bond donors (Lipinski definition) is 1. The highest BCUT2D eigenvalue weighted by Gasteiger charge is 2.29. The molecule has 1 aromatic carbocycles. The van der Waals surface area contributed by atoms with E-state index in [0.29, 0.717) is 12.5 Å². The van der Waals surface area contributed by atoms with Gasteiger partial charge >= 0.3 is 0 Å². The number of nitrogens with zero attached hydrogens (tertiary/aromatic N) is 1. The predicted octanol–water partition coefficient (Wildman–Crippen LogP) is 3.63. The number of aryl methyl sites for hydroxylation is 1. The van der Waals surface area contributed by atoms with Crippen LogP contribution in [0.3, 0.4) is 0 Å². The lowest BCUT2D eigenvalue weighted by Gasteiger charge is -2.03. The summed E-state index contributed by atoms with van der Waals surface area (Å²) in [4.78, 5) is 6.15. The van der Waals surface area contributed by atoms with Crippen molar-refractivity contribution in [2.45, 2.75) is 38.8 Å². The van der Waals surface area contributed by atoms with Crippen molar-refractivity contribution in [3.63, 3.8) is 0 Å². The minimum atomic E-state index is 0.567. The lowest BCUT2D eigenvalue weighted by molar-refractivity contribution is 0.305. The zero-order valence-electron chi connectivity index (χ0n) is 12.0. The van der Waals surface area contributed by atoms with Crippen LogP contribution >= 0.6 is 11.3 Å². The van der Waals surface area contributed by atoms with E-state index in [0.717, 1.165) is 17.3 Å². The molecule has 1 aromatic heterocycles. The van der Waals surface area contributed by atoms with Crippen LogP contribution in [0.4, 0.5) is 0 Å². The fourth-order valence-electron chi connectivity index (χ4n) is 2.22. The average Bonchev–Trinajstić information content (AvgIpc) is 3.21. The predicted molar refractivity (Wildman–Crippen MR) is 82.4 cm³/mol. The molecule has 0 saturated heterocycles. The van der Waals surface area contributed by atoms with Crippen LogP contribution in [0.25, 0.3) is 0 Å². The molecule has 1 aliphatic rings. The highest BCUT2D eigenvalue weighted by Crippen LogP contribution is 2.42. The maximum absolute atomic E-state index is 5.82. The standard InChI is InChI=1S/C16H20N2OS/c1-11-3-7-13(8-4-11)19-10-15-18-16(12-5-6-12)14(20-15)9-17-2/h3-4,7-8,12,17H,5-6,9-10H2,1-2H3. The zero-order valence-corrected chi connectivity index (χ0v) is 12.8. The van der Waals surface area contributed by atoms with E-state index in [1.807, 2.05) is 19.2 Å². The third-order valence-corrected chi connectivity index (χ3v) is 4.50. The van der Waals surface area contributed by atoms with E-state index in [1.54, 1.807) is 11.3 Å². The first-order valence-corrected chi connectivity index (χ1v) is 7.90. The molecular weight excluding hydrogens is 268 g/mol. The lowest BCUT2D eigenvalue weighted by atomic mass is 10.2. The highest BCUT2D eigenvalue weighted by molar-refractivity contribution is 7.11. The van der Waals surface area contributed by atoms with E-state index in [9.17, 15) is 0 Å². The Bertz CT molecular complexity index is 573. The number of rotatable bonds is 6. The van der Waals surface area contributed by atoms with Gasteiger partial charge in [-0.15, -0.1) is 11.3 Å². The van der Waals surface area contributed by atoms with E-state index in [4.69, 9.17) is 9.72 Å². The fourth-order valence-corrected chi connectivity index (χ4v) is 3.30. The molecule has 20 heavy (non-hydrogen) atoms. The monoisotopic (exact) mass is 288 g/mol. The van der Waals surface area contributed by atoms with Crippen molar-refractivity contribution in [1.82, 2.24) is 10.3 Å². The van der Waals surface area contributed by atoms with Crippen LogP contribution in [0.15, 0.2) is 24.3 Å². The maximum Gasteiger partial charge on any atom is 0.140 e. The smallest absolute Gasteiger partial charge is 0.140 e. The van der Waals surface area contributed by atoms with Gasteiger partial charge in [-0.1, -0.05) is 17.7 Å². The molecule has 106 valence electrons. The molecule has 1 saturated carbocycles. The number of hydrogen-bond acceptors (Lipinski definition) is 4. The summed E-state index contributed by atoms with van der Waals surface area (Å²) in [7, 11) is 1.98. The van der Waals surface area contributed by atoms with Gasteiger partial charge in [0, 0.05) is 17.3 Å². The summed E-state index contributed by atoms with van der Waals surface area (Å²) < 4.78 is 5.82. The van der Waals surface area contributed by atoms with E-state index >= 15 is 0 Å². The molecule has 1 N–H and O–H groups in total. The Morgan fingerprint density at radius 1 is 1.30 bits per heavy atom. The van der Waals surface area contributed by atoms with Crippen molar-refractivity contribution in [1.29, 1.82) is 0 Å². The van der Waals surface area contributed by atoms with E-state index in [2.05, 4.69) is 24.4 Å². The zero-order chi connectivity index (χ0) is 13.9. The van der Waals surface area contributed by atoms with Gasteiger partial charge in [-0.2, -0.15) is 0 Å². The van der Waals surface area contributed by atoms with Gasteiger partial charge in [-0.25, -0.2) is 4.98 Å². The molecule has 0 aliphatic heterocycles. The van der Waals surface area contributed by atoms with Gasteiger partial charge in [0.1, 0.15) is 17.4 Å². The Morgan fingerprint density at radius 3 is 2.70 bits per heavy atom. The van der Waals surface area contributed by atoms with Crippen molar-refractivity contribution in [3.8, 4) is 5.75 Å². The SMILES string of the molecule is CNCc1sc(COc2ccc(C)cc2)nc1C1CC1. The molecule has 1 fully saturated rings. The van der Waals surface area contributed by atoms with Gasteiger partial charge in [0.2, 0.25) is 0 Å². The topological polar surface area (TPSA) is 34.1 Å². The van der Waals surface area contributed by atoms with Gasteiger partial charge in [0.15, 0.2) is 0 Å². The molecule has 4 heteroatoms. The third kappa shape index (κ3) is 3.19. The van der Waals surface area contributed by atoms with E-state index < -0.39 is 0 Å². The second-order valence-electron chi connectivity index (χ2n) is 5.32. The summed E-state index contributed by atoms with van der Waals surface area (Å²) in [5, 5.41) is 4.31. The Balaban J connectivity index is 1.67. The molecule has 0 bridgehead atoms. The van der Waals surface area contributed by atoms with Crippen molar-refractivity contribution in [2.75, 3.05) is 7.05 Å². The van der Waals surface area contributed by atoms with Crippen LogP contribution in [0.1, 0.15) is 39.9 Å². The Morgan fingerprint density at radius 2 is 2.05 bits per heavy atom. The first-order chi connectivity index (χ1) is 9.76. The molecular formula is C16H20N2OS. The van der Waals surface area contributed by atoms with Gasteiger partial charge in [-0.3, -0.25) is 0 Å². The highest BCUT2D eigenvalue weighted by atomic mass is 32.1. The summed E-state index contributed by atoms with van der Waals surface area (Å²) >= 11 is 1.78. The normalized spacial score (nSPS) is 14.5. The Kier molecular flexibility index (Phi) is 4.03. The number of nitrogens with one attached hydrogen (secondary N) is 1. The van der Waals surface area contributed by atoms with E-state index in [-0.39, 0.29) is 0 Å². The molecule has 0 spiro atoms. The quantitative estimate of drug-likeness (QED) is 0.881. The van der Waals surface area contributed by atoms with Crippen LogP contribution in [-0.4, -0.2) is 12.0 Å². The van der Waals surface area contributed by atoms with Gasteiger partial charge < -0.3 is 10.1 Å². The second kappa shape index (κ2) is 5.94. The summed E-state index contributed by atoms with van der Waals surface area (Å²) in [6.07, 6.45) is 2.58. The molecule has 1 aliphatic carbocycles. The first kappa shape index (κ1) is 13.6. The Labute approximate surface area is 124 Å². The molecule has 0 amide bonds. The van der Waals surface area contributed by atoms with Crippen LogP contribution in [0, 0.1) is 6.92 Å². The number of benzene rings is 1. The molecule has 3 nitrogen and oxygen atoms in total. The molecule has 2 aromatic rings. The van der Waals surface area contributed by atoms with E-state index in [1.165, 1.54) is 29.0 Å². The van der Waals surface area contributed by atoms with Crippen molar-refractivity contribution in [2.24, 2.45) is 0 Å². The minimum absolute atomic E-state index is 0.567. The Hall–Kier alpha value is -1.39. The summed E-state index contributed by atoms with van der Waals surface area (Å²) in [5.41, 5.74) is 2.55. The first-order valence-electron chi connectivity index (χ1n) is 7.09. The summed E-state index contributed by atoms with van der Waals surface area (Å²) in [6, 6.07) is 8.16. The number of thiazole rings is 1. The third-order valence-electron chi connectivity index (χ3n) is 3.46. The van der Waals surface area contributed by atoms with Crippen LogP contribution in [-0.2, 0) is 13.2 Å². The number of aromatic nitrogens is 1. The van der Waals surface area contributed by atoms with Gasteiger partial charge in [0.05, 0.1) is 5.69 Å². The van der Waals surface area contributed by atoms with Crippen molar-refractivity contribution in [3.05, 3.63) is 45.4 Å². The van der Waals surface area contributed by atoms with Crippen molar-refractivity contribution < 1.29 is 4.74 Å². The number of ether oxygens (including phenoxy) is 1. The lowest BCUT2D eigenvalue weighted by Crippen LogP contribution is -2.05. The molecule has 0 unspecified atom stereocenters. The molecule has 3 rings (SSSR count). The van der Waals surface area contributed by atoms with Gasteiger partial charge in [0.25, 0.3) is 0 Å². The average molecular weight is 288 g/mol.